The molecule has 0 nitrogen and oxygen atoms in total. The van der Waals surface area contributed by atoms with Crippen LogP contribution in [0.15, 0.2) is 17.0 Å². The number of hydrogen-bond donors (Lipinski definition) is 0. The molecule has 1 aromatic rings. The van der Waals surface area contributed by atoms with Crippen molar-refractivity contribution in [2.75, 3.05) is 6.26 Å². The lowest BCUT2D eigenvalue weighted by atomic mass is 10.3. The second kappa shape index (κ2) is 4.02. The van der Waals surface area contributed by atoms with Crippen molar-refractivity contribution in [2.24, 2.45) is 0 Å². The Bertz CT molecular complexity index is 345. The first-order chi connectivity index (χ1) is 6.38. The molecular weight excluding hydrogens is 218 g/mol. The number of halogens is 2. The van der Waals surface area contributed by atoms with Crippen molar-refractivity contribution in [3.05, 3.63) is 23.8 Å². The van der Waals surface area contributed by atoms with E-state index in [0.717, 1.165) is 0 Å². The molecule has 0 heterocycles. The predicted octanol–water partition coefficient (Wildman–Crippen LogP) is 3.23. The molecule has 4 heteroatoms. The van der Waals surface area contributed by atoms with Gasteiger partial charge in [-0.15, -0.1) is 11.8 Å². The van der Waals surface area contributed by atoms with E-state index in [1.165, 1.54) is 23.9 Å². The molecule has 78 valence electrons. The molecule has 0 amide bonds. The van der Waals surface area contributed by atoms with E-state index in [1.54, 1.807) is 6.26 Å². The summed E-state index contributed by atoms with van der Waals surface area (Å²) in [5.41, 5.74) is 0. The first kappa shape index (κ1) is 11.7. The molecule has 0 saturated heterocycles. The standard InChI is InChI=1S/C10H14F2SSi/c1-13-8-6-5-7(11)10(9(8)12)14(2,3)4/h5-6H,1-4H3. The molecule has 0 bridgehead atoms. The van der Waals surface area contributed by atoms with Gasteiger partial charge < -0.3 is 0 Å². The number of thioether (sulfide) groups is 1. The maximum atomic E-state index is 13.8. The molecule has 0 aliphatic heterocycles. The zero-order valence-electron chi connectivity index (χ0n) is 8.82. The maximum Gasteiger partial charge on any atom is 0.138 e. The van der Waals surface area contributed by atoms with E-state index in [1.807, 2.05) is 19.6 Å². The highest BCUT2D eigenvalue weighted by Gasteiger charge is 2.26. The third kappa shape index (κ3) is 2.17. The van der Waals surface area contributed by atoms with Crippen molar-refractivity contribution >= 4 is 25.0 Å². The van der Waals surface area contributed by atoms with Gasteiger partial charge in [0.1, 0.15) is 11.6 Å². The Balaban J connectivity index is 3.40. The summed E-state index contributed by atoms with van der Waals surface area (Å²) in [7, 11) is -1.93. The zero-order valence-corrected chi connectivity index (χ0v) is 10.6. The van der Waals surface area contributed by atoms with Gasteiger partial charge in [0.25, 0.3) is 0 Å². The van der Waals surface area contributed by atoms with Crippen molar-refractivity contribution in [2.45, 2.75) is 24.5 Å². The normalized spacial score (nSPS) is 11.9. The summed E-state index contributed by atoms with van der Waals surface area (Å²) < 4.78 is 27.3. The Morgan fingerprint density at radius 2 is 1.71 bits per heavy atom. The first-order valence-corrected chi connectivity index (χ1v) is 9.13. The van der Waals surface area contributed by atoms with Crippen LogP contribution in [-0.4, -0.2) is 14.3 Å². The fraction of sp³-hybridized carbons (Fsp3) is 0.400. The summed E-state index contributed by atoms with van der Waals surface area (Å²) in [6, 6.07) is 2.86. The molecule has 0 saturated carbocycles. The molecule has 0 aliphatic rings. The molecule has 0 radical (unpaired) electrons. The van der Waals surface area contributed by atoms with Gasteiger partial charge in [0.15, 0.2) is 0 Å². The SMILES string of the molecule is CSc1ccc(F)c([Si](C)(C)C)c1F. The Morgan fingerprint density at radius 3 is 2.14 bits per heavy atom. The minimum Gasteiger partial charge on any atom is -0.207 e. The van der Waals surface area contributed by atoms with Crippen molar-refractivity contribution in [1.29, 1.82) is 0 Å². The van der Waals surface area contributed by atoms with Gasteiger partial charge >= 0.3 is 0 Å². The molecule has 14 heavy (non-hydrogen) atoms. The number of hydrogen-bond acceptors (Lipinski definition) is 1. The lowest BCUT2D eigenvalue weighted by Crippen LogP contribution is -2.42. The summed E-state index contributed by atoms with van der Waals surface area (Å²) >= 11 is 1.31. The Labute approximate surface area is 88.7 Å². The van der Waals surface area contributed by atoms with E-state index in [2.05, 4.69) is 0 Å². The lowest BCUT2D eigenvalue weighted by molar-refractivity contribution is 0.578. The van der Waals surface area contributed by atoms with E-state index in [-0.39, 0.29) is 5.82 Å². The molecule has 1 aromatic carbocycles. The zero-order chi connectivity index (χ0) is 10.9. The molecule has 0 fully saturated rings. The van der Waals surface area contributed by atoms with Gasteiger partial charge in [-0.2, -0.15) is 0 Å². The van der Waals surface area contributed by atoms with Crippen LogP contribution >= 0.6 is 11.8 Å². The van der Waals surface area contributed by atoms with Crippen LogP contribution < -0.4 is 5.19 Å². The second-order valence-corrected chi connectivity index (χ2v) is 10.0. The predicted molar refractivity (Wildman–Crippen MR) is 61.1 cm³/mol. The van der Waals surface area contributed by atoms with Crippen molar-refractivity contribution in [3.8, 4) is 0 Å². The van der Waals surface area contributed by atoms with Crippen molar-refractivity contribution < 1.29 is 8.78 Å². The summed E-state index contributed by atoms with van der Waals surface area (Å²) in [6.07, 6.45) is 1.80. The van der Waals surface area contributed by atoms with Crippen LogP contribution in [0, 0.1) is 11.6 Å². The van der Waals surface area contributed by atoms with Gasteiger partial charge in [0, 0.05) is 10.1 Å². The smallest absolute Gasteiger partial charge is 0.138 e. The third-order valence-corrected chi connectivity index (χ3v) is 4.74. The Hall–Kier alpha value is -0.353. The molecular formula is C10H14F2SSi. The average Bonchev–Trinajstić information content (AvgIpc) is 2.02. The van der Waals surface area contributed by atoms with E-state index in [4.69, 9.17) is 0 Å². The van der Waals surface area contributed by atoms with Crippen LogP contribution in [0.5, 0.6) is 0 Å². The minimum absolute atomic E-state index is 0.310. The number of rotatable bonds is 2. The fourth-order valence-corrected chi connectivity index (χ4v) is 3.55. The highest BCUT2D eigenvalue weighted by atomic mass is 32.2. The molecule has 0 aliphatic carbocycles. The highest BCUT2D eigenvalue weighted by molar-refractivity contribution is 7.98. The fourth-order valence-electron chi connectivity index (χ4n) is 1.38. The van der Waals surface area contributed by atoms with Gasteiger partial charge in [-0.1, -0.05) is 19.6 Å². The van der Waals surface area contributed by atoms with Crippen molar-refractivity contribution in [1.82, 2.24) is 0 Å². The monoisotopic (exact) mass is 232 g/mol. The van der Waals surface area contributed by atoms with Gasteiger partial charge in [-0.3, -0.25) is 0 Å². The van der Waals surface area contributed by atoms with Gasteiger partial charge in [0.05, 0.1) is 8.07 Å². The lowest BCUT2D eigenvalue weighted by Gasteiger charge is -2.19. The summed E-state index contributed by atoms with van der Waals surface area (Å²) in [5.74, 6) is -0.767. The van der Waals surface area contributed by atoms with E-state index in [0.29, 0.717) is 10.1 Å². The van der Waals surface area contributed by atoms with Gasteiger partial charge in [-0.05, 0) is 18.4 Å². The largest absolute Gasteiger partial charge is 0.207 e. The topological polar surface area (TPSA) is 0 Å². The molecule has 0 atom stereocenters. The van der Waals surface area contributed by atoms with Crippen LogP contribution in [0.1, 0.15) is 0 Å². The van der Waals surface area contributed by atoms with E-state index < -0.39 is 13.9 Å². The first-order valence-electron chi connectivity index (χ1n) is 4.40. The van der Waals surface area contributed by atoms with Crippen molar-refractivity contribution in [3.63, 3.8) is 0 Å². The van der Waals surface area contributed by atoms with E-state index in [9.17, 15) is 8.78 Å². The van der Waals surface area contributed by atoms with E-state index >= 15 is 0 Å². The molecule has 1 rings (SSSR count). The van der Waals surface area contributed by atoms with Gasteiger partial charge in [0.2, 0.25) is 0 Å². The molecule has 0 aromatic heterocycles. The molecule has 0 N–H and O–H groups in total. The second-order valence-electron chi connectivity index (χ2n) is 4.19. The van der Waals surface area contributed by atoms with Gasteiger partial charge in [-0.25, -0.2) is 8.78 Å². The number of benzene rings is 1. The highest BCUT2D eigenvalue weighted by Crippen LogP contribution is 2.20. The summed E-state index contributed by atoms with van der Waals surface area (Å²) in [5, 5.41) is 0.310. The maximum absolute atomic E-state index is 13.8. The quantitative estimate of drug-likeness (QED) is 0.557. The minimum atomic E-state index is -1.93. The molecule has 0 spiro atoms. The van der Waals surface area contributed by atoms with Crippen LogP contribution in [0.2, 0.25) is 19.6 Å². The summed E-state index contributed by atoms with van der Waals surface area (Å²) in [4.78, 5) is 0.531. The third-order valence-electron chi connectivity index (χ3n) is 2.03. The Morgan fingerprint density at radius 1 is 1.14 bits per heavy atom. The Kier molecular flexibility index (Phi) is 3.37. The van der Waals surface area contributed by atoms with Crippen LogP contribution in [-0.2, 0) is 0 Å². The van der Waals surface area contributed by atoms with Crippen LogP contribution in [0.4, 0.5) is 8.78 Å². The van der Waals surface area contributed by atoms with Crippen LogP contribution in [0.3, 0.4) is 0 Å². The molecule has 0 unspecified atom stereocenters. The average molecular weight is 232 g/mol. The van der Waals surface area contributed by atoms with Crippen LogP contribution in [0.25, 0.3) is 0 Å². The summed E-state index contributed by atoms with van der Waals surface area (Å²) in [6.45, 7) is 5.83.